The lowest BCUT2D eigenvalue weighted by Gasteiger charge is -2.14. The Morgan fingerprint density at radius 3 is 1.79 bits per heavy atom. The summed E-state index contributed by atoms with van der Waals surface area (Å²) in [5, 5.41) is 7.68. The maximum atomic E-state index is 6.29. The van der Waals surface area contributed by atoms with Crippen LogP contribution in [0.1, 0.15) is 0 Å². The molecule has 0 aliphatic heterocycles. The van der Waals surface area contributed by atoms with Crippen molar-refractivity contribution in [1.82, 2.24) is 19.9 Å². The zero-order chi connectivity index (χ0) is 37.5. The Labute approximate surface area is 334 Å². The number of hydrogen-bond donors (Lipinski definition) is 0. The molecule has 0 N–H and O–H groups in total. The SMILES string of the molecule is c1ccc(-c2nc(-c3ccc(-c4c5nc(-c6ccccc6)sc5cc5sc6ccccc6c45)c4ccccc34)nc(-c3cccc4oc5ccccc5c34)n2)cc1. The normalized spacial score (nSPS) is 11.9. The minimum atomic E-state index is 0.594. The molecule has 12 rings (SSSR count). The van der Waals surface area contributed by atoms with E-state index in [4.69, 9.17) is 24.4 Å². The maximum absolute atomic E-state index is 6.29. The van der Waals surface area contributed by atoms with Crippen molar-refractivity contribution in [2.24, 2.45) is 0 Å². The first-order chi connectivity index (χ1) is 28.2. The van der Waals surface area contributed by atoms with Gasteiger partial charge < -0.3 is 4.42 Å². The topological polar surface area (TPSA) is 64.7 Å². The Bertz CT molecular complexity index is 3530. The van der Waals surface area contributed by atoms with Crippen molar-refractivity contribution in [3.63, 3.8) is 0 Å². The Morgan fingerprint density at radius 2 is 0.982 bits per heavy atom. The molecule has 0 radical (unpaired) electrons. The van der Waals surface area contributed by atoms with Gasteiger partial charge in [0, 0.05) is 58.8 Å². The highest BCUT2D eigenvalue weighted by atomic mass is 32.1. The third-order valence-corrected chi connectivity index (χ3v) is 13.0. The second-order valence-electron chi connectivity index (χ2n) is 14.1. The number of fused-ring (bicyclic) bond motifs is 8. The molecule has 0 unspecified atom stereocenters. The van der Waals surface area contributed by atoms with Crippen molar-refractivity contribution in [3.8, 4) is 55.9 Å². The molecule has 4 aromatic heterocycles. The van der Waals surface area contributed by atoms with Gasteiger partial charge in [0.05, 0.1) is 10.2 Å². The molecule has 0 spiro atoms. The number of rotatable bonds is 5. The number of thiazole rings is 1. The number of nitrogens with zero attached hydrogens (tertiary/aromatic N) is 4. The Kier molecular flexibility index (Phi) is 7.20. The summed E-state index contributed by atoms with van der Waals surface area (Å²) in [5.74, 6) is 1.81. The number of thiophene rings is 1. The summed E-state index contributed by atoms with van der Waals surface area (Å²) in [7, 11) is 0. The molecule has 12 aromatic rings. The van der Waals surface area contributed by atoms with E-state index in [0.29, 0.717) is 17.5 Å². The van der Waals surface area contributed by atoms with Crippen molar-refractivity contribution in [1.29, 1.82) is 0 Å². The van der Waals surface area contributed by atoms with Gasteiger partial charge in [0.15, 0.2) is 17.5 Å². The van der Waals surface area contributed by atoms with E-state index in [1.54, 1.807) is 11.3 Å². The lowest BCUT2D eigenvalue weighted by molar-refractivity contribution is 0.669. The van der Waals surface area contributed by atoms with Crippen molar-refractivity contribution in [2.75, 3.05) is 0 Å². The van der Waals surface area contributed by atoms with Crippen LogP contribution in [0, 0.1) is 0 Å². The van der Waals surface area contributed by atoms with Crippen molar-refractivity contribution < 1.29 is 4.42 Å². The van der Waals surface area contributed by atoms with Gasteiger partial charge in [-0.1, -0.05) is 140 Å². The van der Waals surface area contributed by atoms with Crippen molar-refractivity contribution >= 4 is 85.8 Å². The molecular formula is C50H28N4OS2. The van der Waals surface area contributed by atoms with Crippen LogP contribution in [-0.4, -0.2) is 19.9 Å². The number of furan rings is 1. The van der Waals surface area contributed by atoms with Gasteiger partial charge >= 0.3 is 0 Å². The summed E-state index contributed by atoms with van der Waals surface area (Å²) in [6.07, 6.45) is 0. The zero-order valence-electron chi connectivity index (χ0n) is 30.2. The summed E-state index contributed by atoms with van der Waals surface area (Å²) < 4.78 is 9.98. The van der Waals surface area contributed by atoms with Crippen LogP contribution < -0.4 is 0 Å². The maximum Gasteiger partial charge on any atom is 0.164 e. The van der Waals surface area contributed by atoms with E-state index in [-0.39, 0.29) is 0 Å². The van der Waals surface area contributed by atoms with E-state index >= 15 is 0 Å². The standard InChI is InChI=1S/C50H28N4OS2/c1-3-14-29(15-4-1)47-52-48(54-49(53-47)37-22-13-24-39-43(37)35-20-9-11-23-38(35)55-39)34-27-26-33(31-18-7-8-19-32(31)34)45-44-36-21-10-12-25-40(36)56-41(44)28-42-46(45)51-50(57-42)30-16-5-2-6-17-30/h1-28H. The van der Waals surface area contributed by atoms with Gasteiger partial charge in [-0.25, -0.2) is 19.9 Å². The van der Waals surface area contributed by atoms with E-state index in [2.05, 4.69) is 109 Å². The fourth-order valence-corrected chi connectivity index (χ4v) is 10.5. The highest BCUT2D eigenvalue weighted by Gasteiger charge is 2.23. The average molecular weight is 765 g/mol. The fourth-order valence-electron chi connectivity index (χ4n) is 8.24. The third-order valence-electron chi connectivity index (χ3n) is 10.8. The van der Waals surface area contributed by atoms with Crippen LogP contribution in [0.3, 0.4) is 0 Å². The van der Waals surface area contributed by atoms with Gasteiger partial charge in [0.2, 0.25) is 0 Å². The van der Waals surface area contributed by atoms with Gasteiger partial charge in [-0.15, -0.1) is 22.7 Å². The van der Waals surface area contributed by atoms with Gasteiger partial charge in [0.25, 0.3) is 0 Å². The predicted molar refractivity (Wildman–Crippen MR) is 238 cm³/mol. The molecule has 0 fully saturated rings. The van der Waals surface area contributed by atoms with Gasteiger partial charge in [-0.2, -0.15) is 0 Å². The van der Waals surface area contributed by atoms with Crippen LogP contribution in [0.25, 0.3) is 119 Å². The minimum Gasteiger partial charge on any atom is -0.456 e. The van der Waals surface area contributed by atoms with Gasteiger partial charge in [0.1, 0.15) is 16.2 Å². The molecule has 0 saturated carbocycles. The zero-order valence-corrected chi connectivity index (χ0v) is 31.8. The second kappa shape index (κ2) is 12.7. The largest absolute Gasteiger partial charge is 0.456 e. The first kappa shape index (κ1) is 32.2. The first-order valence-electron chi connectivity index (χ1n) is 18.8. The van der Waals surface area contributed by atoms with Crippen LogP contribution in [0.15, 0.2) is 174 Å². The summed E-state index contributed by atoms with van der Waals surface area (Å²) in [5.41, 5.74) is 8.80. The average Bonchev–Trinajstić information content (AvgIpc) is 3.99. The quantitative estimate of drug-likeness (QED) is 0.175. The fraction of sp³-hybridized carbons (Fsp3) is 0. The molecule has 5 nitrogen and oxygen atoms in total. The number of hydrogen-bond acceptors (Lipinski definition) is 7. The van der Waals surface area contributed by atoms with Crippen LogP contribution in [0.2, 0.25) is 0 Å². The summed E-state index contributed by atoms with van der Waals surface area (Å²) in [4.78, 5) is 21.0. The summed E-state index contributed by atoms with van der Waals surface area (Å²) in [6, 6.07) is 59.0. The molecule has 0 aliphatic carbocycles. The molecule has 0 amide bonds. The molecule has 4 heterocycles. The lowest BCUT2D eigenvalue weighted by Crippen LogP contribution is -2.01. The van der Waals surface area contributed by atoms with Crippen molar-refractivity contribution in [2.45, 2.75) is 0 Å². The molecule has 7 heteroatoms. The summed E-state index contributed by atoms with van der Waals surface area (Å²) >= 11 is 3.59. The molecule has 0 saturated heterocycles. The Morgan fingerprint density at radius 1 is 0.368 bits per heavy atom. The second-order valence-corrected chi connectivity index (χ2v) is 16.2. The van der Waals surface area contributed by atoms with Crippen molar-refractivity contribution in [3.05, 3.63) is 170 Å². The van der Waals surface area contributed by atoms with Crippen LogP contribution >= 0.6 is 22.7 Å². The van der Waals surface area contributed by atoms with E-state index < -0.39 is 0 Å². The molecule has 0 bridgehead atoms. The van der Waals surface area contributed by atoms with E-state index in [1.807, 2.05) is 72.0 Å². The first-order valence-corrected chi connectivity index (χ1v) is 20.4. The Hall–Kier alpha value is -7.06. The van der Waals surface area contributed by atoms with E-state index in [0.717, 1.165) is 76.6 Å². The molecule has 0 aliphatic rings. The third kappa shape index (κ3) is 5.13. The highest BCUT2D eigenvalue weighted by molar-refractivity contribution is 7.27. The smallest absolute Gasteiger partial charge is 0.164 e. The van der Waals surface area contributed by atoms with Crippen LogP contribution in [0.4, 0.5) is 0 Å². The number of benzene rings is 8. The minimum absolute atomic E-state index is 0.594. The molecular weight excluding hydrogens is 737 g/mol. The predicted octanol–water partition coefficient (Wildman–Crippen LogP) is 14.2. The lowest BCUT2D eigenvalue weighted by atomic mass is 9.91. The Balaban J connectivity index is 1.13. The highest BCUT2D eigenvalue weighted by Crippen LogP contribution is 2.48. The van der Waals surface area contributed by atoms with E-state index in [9.17, 15) is 0 Å². The number of para-hydroxylation sites is 1. The van der Waals surface area contributed by atoms with Crippen LogP contribution in [0.5, 0.6) is 0 Å². The monoisotopic (exact) mass is 764 g/mol. The summed E-state index contributed by atoms with van der Waals surface area (Å²) in [6.45, 7) is 0. The molecule has 8 aromatic carbocycles. The molecule has 57 heavy (non-hydrogen) atoms. The van der Waals surface area contributed by atoms with Crippen LogP contribution in [-0.2, 0) is 0 Å². The van der Waals surface area contributed by atoms with E-state index in [1.165, 1.54) is 24.9 Å². The number of aromatic nitrogens is 4. The van der Waals surface area contributed by atoms with Gasteiger partial charge in [-0.05, 0) is 46.7 Å². The molecule has 0 atom stereocenters. The van der Waals surface area contributed by atoms with Gasteiger partial charge in [-0.3, -0.25) is 0 Å². The molecule has 266 valence electrons.